The van der Waals surface area contributed by atoms with Gasteiger partial charge < -0.3 is 14.8 Å². The fraction of sp³-hybridized carbons (Fsp3) is 0.286. The van der Waals surface area contributed by atoms with Crippen molar-refractivity contribution in [2.45, 2.75) is 19.6 Å². The van der Waals surface area contributed by atoms with Gasteiger partial charge in [0, 0.05) is 12.1 Å². The van der Waals surface area contributed by atoms with Crippen molar-refractivity contribution in [1.29, 1.82) is 0 Å². The fourth-order valence-electron chi connectivity index (χ4n) is 1.29. The lowest BCUT2D eigenvalue weighted by atomic mass is 10.2. The summed E-state index contributed by atoms with van der Waals surface area (Å²) in [7, 11) is 1.29. The lowest BCUT2D eigenvalue weighted by Crippen LogP contribution is -2.31. The summed E-state index contributed by atoms with van der Waals surface area (Å²) in [5.74, 6) is -0.466. The Balaban J connectivity index is 2.31. The molecule has 1 aromatic rings. The Morgan fingerprint density at radius 3 is 2.63 bits per heavy atom. The molecule has 0 aliphatic heterocycles. The van der Waals surface area contributed by atoms with Crippen LogP contribution in [0.4, 0.5) is 4.79 Å². The number of amides is 1. The van der Waals surface area contributed by atoms with E-state index in [1.165, 1.54) is 19.3 Å². The third-order valence-electron chi connectivity index (χ3n) is 2.28. The highest BCUT2D eigenvalue weighted by atomic mass is 16.5. The summed E-state index contributed by atoms with van der Waals surface area (Å²) < 4.78 is 9.47. The average molecular weight is 263 g/mol. The van der Waals surface area contributed by atoms with Crippen LogP contribution in [0.5, 0.6) is 0 Å². The third-order valence-corrected chi connectivity index (χ3v) is 2.28. The minimum absolute atomic E-state index is 0.208. The second kappa shape index (κ2) is 7.92. The van der Waals surface area contributed by atoms with Crippen molar-refractivity contribution in [3.8, 4) is 0 Å². The first-order chi connectivity index (χ1) is 9.11. The van der Waals surface area contributed by atoms with E-state index in [9.17, 15) is 9.59 Å². The molecule has 0 bridgehead atoms. The molecule has 1 amide bonds. The van der Waals surface area contributed by atoms with E-state index in [2.05, 4.69) is 10.1 Å². The minimum atomic E-state index is -0.536. The molecule has 0 unspecified atom stereocenters. The Morgan fingerprint density at radius 1 is 1.32 bits per heavy atom. The second-order valence-corrected chi connectivity index (χ2v) is 3.88. The molecule has 5 heteroatoms. The predicted octanol–water partition coefficient (Wildman–Crippen LogP) is 2.03. The van der Waals surface area contributed by atoms with Gasteiger partial charge >= 0.3 is 12.1 Å². The number of benzene rings is 1. The van der Waals surface area contributed by atoms with Gasteiger partial charge in [-0.25, -0.2) is 9.59 Å². The molecular weight excluding hydrogens is 246 g/mol. The highest BCUT2D eigenvalue weighted by Gasteiger charge is 2.06. The van der Waals surface area contributed by atoms with Crippen LogP contribution in [0.2, 0.25) is 0 Å². The van der Waals surface area contributed by atoms with E-state index in [1.54, 1.807) is 6.92 Å². The predicted molar refractivity (Wildman–Crippen MR) is 70.4 cm³/mol. The van der Waals surface area contributed by atoms with Crippen LogP contribution in [0.15, 0.2) is 42.5 Å². The number of nitrogens with one attached hydrogen (secondary N) is 1. The van der Waals surface area contributed by atoms with Gasteiger partial charge in [0.05, 0.1) is 7.11 Å². The van der Waals surface area contributed by atoms with E-state index in [4.69, 9.17) is 4.74 Å². The number of esters is 1. The molecule has 19 heavy (non-hydrogen) atoms. The molecule has 1 N–H and O–H groups in total. The molecule has 1 rings (SSSR count). The zero-order valence-electron chi connectivity index (χ0n) is 11.0. The van der Waals surface area contributed by atoms with Crippen molar-refractivity contribution in [1.82, 2.24) is 5.32 Å². The van der Waals surface area contributed by atoms with Crippen LogP contribution in [0.25, 0.3) is 0 Å². The summed E-state index contributed by atoms with van der Waals surface area (Å²) in [5, 5.41) is 2.57. The summed E-state index contributed by atoms with van der Waals surface area (Å²) in [5.41, 5.74) is 0.912. The van der Waals surface area contributed by atoms with E-state index < -0.39 is 12.1 Å². The highest BCUT2D eigenvalue weighted by molar-refractivity contribution is 5.82. The van der Waals surface area contributed by atoms with Gasteiger partial charge in [0.25, 0.3) is 0 Å². The van der Waals surface area contributed by atoms with Crippen LogP contribution in [-0.4, -0.2) is 25.2 Å². The Morgan fingerprint density at radius 2 is 2.00 bits per heavy atom. The van der Waals surface area contributed by atoms with Gasteiger partial charge in [0.2, 0.25) is 0 Å². The summed E-state index contributed by atoms with van der Waals surface area (Å²) >= 11 is 0. The largest absolute Gasteiger partial charge is 0.466 e. The first-order valence-electron chi connectivity index (χ1n) is 5.85. The number of hydrogen-bond acceptors (Lipinski definition) is 4. The minimum Gasteiger partial charge on any atom is -0.466 e. The van der Waals surface area contributed by atoms with Crippen LogP contribution in [0.1, 0.15) is 12.5 Å². The van der Waals surface area contributed by atoms with E-state index >= 15 is 0 Å². The Labute approximate surface area is 112 Å². The number of rotatable bonds is 5. The van der Waals surface area contributed by atoms with Crippen molar-refractivity contribution >= 4 is 12.1 Å². The molecule has 5 nitrogen and oxygen atoms in total. The molecule has 0 aliphatic rings. The summed E-state index contributed by atoms with van der Waals surface area (Å²) in [6.07, 6.45) is 2.24. The topological polar surface area (TPSA) is 64.6 Å². The van der Waals surface area contributed by atoms with E-state index in [-0.39, 0.29) is 12.6 Å². The van der Waals surface area contributed by atoms with Crippen molar-refractivity contribution < 1.29 is 19.1 Å². The zero-order valence-corrected chi connectivity index (χ0v) is 11.0. The number of hydrogen-bond donors (Lipinski definition) is 1. The molecule has 0 saturated carbocycles. The maximum absolute atomic E-state index is 11.5. The van der Waals surface area contributed by atoms with Gasteiger partial charge in [-0.2, -0.15) is 0 Å². The lowest BCUT2D eigenvalue weighted by Gasteiger charge is -2.10. The summed E-state index contributed by atoms with van der Waals surface area (Å²) in [4.78, 5) is 22.3. The highest BCUT2D eigenvalue weighted by Crippen LogP contribution is 2.00. The molecule has 1 atom stereocenters. The standard InChI is InChI=1S/C14H17NO4/c1-11(8-9-13(16)18-2)15-14(17)19-10-12-6-4-3-5-7-12/h3-9,11H,10H2,1-2H3,(H,15,17)/b9-8-/t11-/m0/s1. The average Bonchev–Trinajstić information content (AvgIpc) is 2.43. The summed E-state index contributed by atoms with van der Waals surface area (Å²) in [6.45, 7) is 1.93. The van der Waals surface area contributed by atoms with Crippen molar-refractivity contribution in [2.75, 3.05) is 7.11 Å². The maximum atomic E-state index is 11.5. The van der Waals surface area contributed by atoms with Crippen LogP contribution >= 0.6 is 0 Å². The Hall–Kier alpha value is -2.30. The van der Waals surface area contributed by atoms with Crippen molar-refractivity contribution in [3.05, 3.63) is 48.0 Å². The van der Waals surface area contributed by atoms with Crippen LogP contribution < -0.4 is 5.32 Å². The lowest BCUT2D eigenvalue weighted by molar-refractivity contribution is -0.134. The second-order valence-electron chi connectivity index (χ2n) is 3.88. The molecule has 0 aromatic heterocycles. The van der Waals surface area contributed by atoms with Crippen molar-refractivity contribution in [2.24, 2.45) is 0 Å². The van der Waals surface area contributed by atoms with Crippen LogP contribution in [-0.2, 0) is 20.9 Å². The monoisotopic (exact) mass is 263 g/mol. The van der Waals surface area contributed by atoms with E-state index in [0.29, 0.717) is 0 Å². The van der Waals surface area contributed by atoms with Gasteiger partial charge in [0.1, 0.15) is 6.61 Å². The van der Waals surface area contributed by atoms with Gasteiger partial charge in [-0.05, 0) is 12.5 Å². The molecule has 1 aromatic carbocycles. The molecular formula is C14H17NO4. The van der Waals surface area contributed by atoms with E-state index in [0.717, 1.165) is 5.56 Å². The van der Waals surface area contributed by atoms with Gasteiger partial charge in [0.15, 0.2) is 0 Å². The first-order valence-corrected chi connectivity index (χ1v) is 5.85. The van der Waals surface area contributed by atoms with Crippen LogP contribution in [0, 0.1) is 0 Å². The smallest absolute Gasteiger partial charge is 0.407 e. The Kier molecular flexibility index (Phi) is 6.15. The van der Waals surface area contributed by atoms with Crippen LogP contribution in [0.3, 0.4) is 0 Å². The molecule has 0 fully saturated rings. The van der Waals surface area contributed by atoms with Gasteiger partial charge in [-0.15, -0.1) is 0 Å². The number of carbonyl (C=O) groups excluding carboxylic acids is 2. The first kappa shape index (κ1) is 14.8. The Bertz CT molecular complexity index is 442. The van der Waals surface area contributed by atoms with Gasteiger partial charge in [-0.3, -0.25) is 0 Å². The molecule has 0 radical (unpaired) electrons. The maximum Gasteiger partial charge on any atom is 0.407 e. The molecule has 0 aliphatic carbocycles. The zero-order chi connectivity index (χ0) is 14.1. The van der Waals surface area contributed by atoms with Crippen molar-refractivity contribution in [3.63, 3.8) is 0 Å². The number of alkyl carbamates (subject to hydrolysis) is 1. The normalized spacial score (nSPS) is 11.9. The molecule has 0 heterocycles. The molecule has 0 saturated heterocycles. The molecule has 0 spiro atoms. The fourth-order valence-corrected chi connectivity index (χ4v) is 1.29. The summed E-state index contributed by atoms with van der Waals surface area (Å²) in [6, 6.07) is 9.06. The SMILES string of the molecule is COC(=O)/C=C\[C@H](C)NC(=O)OCc1ccccc1. The third kappa shape index (κ3) is 6.26. The number of carbonyl (C=O) groups is 2. The number of ether oxygens (including phenoxy) is 2. The quantitative estimate of drug-likeness (QED) is 0.652. The van der Waals surface area contributed by atoms with E-state index in [1.807, 2.05) is 30.3 Å². The van der Waals surface area contributed by atoms with Gasteiger partial charge in [-0.1, -0.05) is 36.4 Å². The molecule has 102 valence electrons. The number of methoxy groups -OCH3 is 1.